The molecule has 0 aliphatic carbocycles. The van der Waals surface area contributed by atoms with E-state index in [0.717, 1.165) is 25.1 Å². The van der Waals surface area contributed by atoms with Crippen molar-refractivity contribution in [2.75, 3.05) is 12.5 Å². The molecule has 0 unspecified atom stereocenters. The third-order valence-electron chi connectivity index (χ3n) is 4.54. The van der Waals surface area contributed by atoms with E-state index in [0.29, 0.717) is 0 Å². The van der Waals surface area contributed by atoms with Gasteiger partial charge in [0.2, 0.25) is 0 Å². The van der Waals surface area contributed by atoms with Crippen LogP contribution in [0.4, 0.5) is 0 Å². The molecule has 0 amide bonds. The summed E-state index contributed by atoms with van der Waals surface area (Å²) >= 11 is 5.66. The number of halogens is 1. The summed E-state index contributed by atoms with van der Waals surface area (Å²) in [5.41, 5.74) is 0. The molecule has 0 aliphatic heterocycles. The Bertz CT molecular complexity index is 310. The molecular formula is C19H40ClO4P. The lowest BCUT2D eigenvalue weighted by molar-refractivity contribution is 0.193. The molecule has 0 saturated heterocycles. The van der Waals surface area contributed by atoms with Crippen molar-refractivity contribution in [3.05, 3.63) is 0 Å². The fourth-order valence-electron chi connectivity index (χ4n) is 3.03. The van der Waals surface area contributed by atoms with Gasteiger partial charge in [0.05, 0.1) is 6.61 Å². The van der Waals surface area contributed by atoms with Crippen LogP contribution >= 0.6 is 19.4 Å². The van der Waals surface area contributed by atoms with E-state index in [1.807, 2.05) is 0 Å². The third-order valence-corrected chi connectivity index (χ3v) is 5.32. The molecule has 0 aromatic heterocycles. The largest absolute Gasteiger partial charge is 0.469 e. The lowest BCUT2D eigenvalue weighted by atomic mass is 10.0. The summed E-state index contributed by atoms with van der Waals surface area (Å²) in [4.78, 5) is 17.1. The van der Waals surface area contributed by atoms with Crippen LogP contribution in [0, 0.1) is 0 Å². The van der Waals surface area contributed by atoms with Crippen LogP contribution in [0.1, 0.15) is 109 Å². The van der Waals surface area contributed by atoms with Crippen LogP contribution in [0.15, 0.2) is 0 Å². The SMILES string of the molecule is O=P(O)(O)OCCCCCCCCCCCCCCCCCCCCl. The highest BCUT2D eigenvalue weighted by Crippen LogP contribution is 2.35. The van der Waals surface area contributed by atoms with Gasteiger partial charge in [-0.3, -0.25) is 4.52 Å². The van der Waals surface area contributed by atoms with Crippen molar-refractivity contribution in [1.29, 1.82) is 0 Å². The minimum Gasteiger partial charge on any atom is -0.303 e. The Hall–Kier alpha value is 0.400. The second-order valence-corrected chi connectivity index (χ2v) is 8.64. The Morgan fingerprint density at radius 2 is 0.840 bits per heavy atom. The molecule has 4 nitrogen and oxygen atoms in total. The van der Waals surface area contributed by atoms with Crippen molar-refractivity contribution in [3.8, 4) is 0 Å². The summed E-state index contributed by atoms with van der Waals surface area (Å²) in [6.07, 6.45) is 21.5. The van der Waals surface area contributed by atoms with Crippen LogP contribution in [-0.4, -0.2) is 22.3 Å². The van der Waals surface area contributed by atoms with Gasteiger partial charge >= 0.3 is 7.82 Å². The predicted octanol–water partition coefficient (Wildman–Crippen LogP) is 6.97. The second-order valence-electron chi connectivity index (χ2n) is 7.02. The molecule has 0 atom stereocenters. The Balaban J connectivity index is 3.02. The molecule has 0 aromatic rings. The summed E-state index contributed by atoms with van der Waals surface area (Å²) in [5.74, 6) is 0.814. The van der Waals surface area contributed by atoms with Gasteiger partial charge in [-0.05, 0) is 12.8 Å². The second kappa shape index (κ2) is 19.2. The lowest BCUT2D eigenvalue weighted by Gasteiger charge is -2.05. The van der Waals surface area contributed by atoms with Crippen molar-refractivity contribution >= 4 is 19.4 Å². The first-order valence-corrected chi connectivity index (χ1v) is 12.4. The maximum absolute atomic E-state index is 10.5. The maximum atomic E-state index is 10.5. The summed E-state index contributed by atoms with van der Waals surface area (Å²) in [5, 5.41) is 0. The van der Waals surface area contributed by atoms with Gasteiger partial charge in [-0.1, -0.05) is 96.3 Å². The van der Waals surface area contributed by atoms with Crippen LogP contribution in [-0.2, 0) is 9.09 Å². The van der Waals surface area contributed by atoms with Crippen molar-refractivity contribution in [1.82, 2.24) is 0 Å². The Morgan fingerprint density at radius 3 is 1.12 bits per heavy atom. The highest BCUT2D eigenvalue weighted by molar-refractivity contribution is 7.46. The molecule has 6 heteroatoms. The van der Waals surface area contributed by atoms with E-state index >= 15 is 0 Å². The fraction of sp³-hybridized carbons (Fsp3) is 1.00. The average Bonchev–Trinajstić information content (AvgIpc) is 2.56. The van der Waals surface area contributed by atoms with E-state index in [2.05, 4.69) is 4.52 Å². The molecule has 0 aliphatic rings. The van der Waals surface area contributed by atoms with Crippen molar-refractivity contribution in [2.24, 2.45) is 0 Å². The maximum Gasteiger partial charge on any atom is 0.469 e. The molecule has 0 bridgehead atoms. The summed E-state index contributed by atoms with van der Waals surface area (Å²) in [7, 11) is -4.26. The van der Waals surface area contributed by atoms with Crippen molar-refractivity contribution in [3.63, 3.8) is 0 Å². The van der Waals surface area contributed by atoms with Crippen molar-refractivity contribution in [2.45, 2.75) is 109 Å². The van der Waals surface area contributed by atoms with Crippen LogP contribution in [0.2, 0.25) is 0 Å². The van der Waals surface area contributed by atoms with E-state index in [1.54, 1.807) is 0 Å². The smallest absolute Gasteiger partial charge is 0.303 e. The molecule has 0 fully saturated rings. The average molecular weight is 399 g/mol. The molecule has 0 heterocycles. The highest BCUT2D eigenvalue weighted by atomic mass is 35.5. The lowest BCUT2D eigenvalue weighted by Crippen LogP contribution is -1.92. The zero-order valence-electron chi connectivity index (χ0n) is 16.0. The molecule has 0 saturated carbocycles. The highest BCUT2D eigenvalue weighted by Gasteiger charge is 2.12. The van der Waals surface area contributed by atoms with E-state index in [9.17, 15) is 4.57 Å². The zero-order chi connectivity index (χ0) is 18.6. The number of alkyl halides is 1. The zero-order valence-corrected chi connectivity index (χ0v) is 17.6. The normalized spacial score (nSPS) is 12.0. The van der Waals surface area contributed by atoms with Gasteiger partial charge in [0, 0.05) is 5.88 Å². The van der Waals surface area contributed by atoms with E-state index in [1.165, 1.54) is 89.9 Å². The van der Waals surface area contributed by atoms with Gasteiger partial charge in [-0.2, -0.15) is 0 Å². The number of unbranched alkanes of at least 4 members (excludes halogenated alkanes) is 16. The Labute approximate surface area is 160 Å². The van der Waals surface area contributed by atoms with E-state index < -0.39 is 7.82 Å². The molecule has 25 heavy (non-hydrogen) atoms. The molecule has 0 spiro atoms. The number of hydrogen-bond donors (Lipinski definition) is 2. The van der Waals surface area contributed by atoms with Crippen LogP contribution < -0.4 is 0 Å². The number of hydrogen-bond acceptors (Lipinski definition) is 2. The van der Waals surface area contributed by atoms with Crippen LogP contribution in [0.5, 0.6) is 0 Å². The minimum atomic E-state index is -4.26. The first-order valence-electron chi connectivity index (χ1n) is 10.3. The first kappa shape index (κ1) is 25.4. The quantitative estimate of drug-likeness (QED) is 0.132. The monoisotopic (exact) mass is 398 g/mol. The van der Waals surface area contributed by atoms with Crippen molar-refractivity contribution < 1.29 is 18.9 Å². The third kappa shape index (κ3) is 24.4. The molecular weight excluding hydrogens is 359 g/mol. The minimum absolute atomic E-state index is 0.164. The van der Waals surface area contributed by atoms with Gasteiger partial charge < -0.3 is 9.79 Å². The Morgan fingerprint density at radius 1 is 0.560 bits per heavy atom. The molecule has 152 valence electrons. The van der Waals surface area contributed by atoms with Gasteiger partial charge in [0.15, 0.2) is 0 Å². The summed E-state index contributed by atoms with van der Waals surface area (Å²) < 4.78 is 14.9. The van der Waals surface area contributed by atoms with Gasteiger partial charge in [-0.25, -0.2) is 4.57 Å². The van der Waals surface area contributed by atoms with E-state index in [4.69, 9.17) is 21.4 Å². The van der Waals surface area contributed by atoms with E-state index in [-0.39, 0.29) is 6.61 Å². The first-order chi connectivity index (χ1) is 12.1. The Kier molecular flexibility index (Phi) is 19.5. The number of rotatable bonds is 20. The molecule has 2 N–H and O–H groups in total. The fourth-order valence-corrected chi connectivity index (χ4v) is 3.59. The van der Waals surface area contributed by atoms with Crippen LogP contribution in [0.25, 0.3) is 0 Å². The van der Waals surface area contributed by atoms with Crippen LogP contribution in [0.3, 0.4) is 0 Å². The summed E-state index contributed by atoms with van der Waals surface area (Å²) in [6, 6.07) is 0. The number of phosphoric ester groups is 1. The molecule has 0 aromatic carbocycles. The van der Waals surface area contributed by atoms with Gasteiger partial charge in [0.25, 0.3) is 0 Å². The standard InChI is InChI=1S/C19H40ClO4P/c20-18-16-14-12-10-8-6-4-2-1-3-5-7-9-11-13-15-17-19-24-25(21,22)23/h1-19H2,(H2,21,22,23). The van der Waals surface area contributed by atoms with Gasteiger partial charge in [-0.15, -0.1) is 11.6 Å². The molecule has 0 radical (unpaired) electrons. The topological polar surface area (TPSA) is 66.8 Å². The molecule has 0 rings (SSSR count). The van der Waals surface area contributed by atoms with Gasteiger partial charge in [0.1, 0.15) is 0 Å². The summed E-state index contributed by atoms with van der Waals surface area (Å²) in [6.45, 7) is 0.164. The predicted molar refractivity (Wildman–Crippen MR) is 107 cm³/mol. The number of phosphoric acid groups is 1.